The van der Waals surface area contributed by atoms with Gasteiger partial charge in [-0.25, -0.2) is 4.39 Å². The van der Waals surface area contributed by atoms with E-state index in [0.717, 1.165) is 19.3 Å². The summed E-state index contributed by atoms with van der Waals surface area (Å²) in [4.78, 5) is 11.5. The monoisotopic (exact) mass is 251 g/mol. The first-order valence-electron chi connectivity index (χ1n) is 6.39. The molecular weight excluding hydrogens is 233 g/mol. The fourth-order valence-corrected chi connectivity index (χ4v) is 1.69. The average molecular weight is 251 g/mol. The Bertz CT molecular complexity index is 418. The van der Waals surface area contributed by atoms with E-state index >= 15 is 0 Å². The van der Waals surface area contributed by atoms with Crippen LogP contribution in [0.3, 0.4) is 0 Å². The standard InChI is InChI=1S/C14H18FNO2/c1-2-11(9-16-14(17)10-7-8-10)18-13-6-4-3-5-12(13)15/h3-6,10-11H,2,7-9H2,1H3,(H,16,17). The van der Waals surface area contributed by atoms with Gasteiger partial charge in [-0.2, -0.15) is 0 Å². The number of hydrogen-bond acceptors (Lipinski definition) is 2. The summed E-state index contributed by atoms with van der Waals surface area (Å²) < 4.78 is 19.0. The van der Waals surface area contributed by atoms with Crippen molar-refractivity contribution in [1.29, 1.82) is 0 Å². The van der Waals surface area contributed by atoms with Crippen LogP contribution in [0.15, 0.2) is 24.3 Å². The minimum Gasteiger partial charge on any atom is -0.486 e. The molecule has 0 bridgehead atoms. The van der Waals surface area contributed by atoms with Crippen molar-refractivity contribution < 1.29 is 13.9 Å². The van der Waals surface area contributed by atoms with Gasteiger partial charge >= 0.3 is 0 Å². The molecule has 4 heteroatoms. The van der Waals surface area contributed by atoms with E-state index in [2.05, 4.69) is 5.32 Å². The van der Waals surface area contributed by atoms with Crippen molar-refractivity contribution >= 4 is 5.91 Å². The van der Waals surface area contributed by atoms with Crippen LogP contribution in [0.1, 0.15) is 26.2 Å². The van der Waals surface area contributed by atoms with Crippen LogP contribution >= 0.6 is 0 Å². The summed E-state index contributed by atoms with van der Waals surface area (Å²) in [5.41, 5.74) is 0. The molecule has 0 aliphatic heterocycles. The van der Waals surface area contributed by atoms with E-state index < -0.39 is 0 Å². The molecule has 0 radical (unpaired) electrons. The third-order valence-electron chi connectivity index (χ3n) is 3.04. The molecule has 1 atom stereocenters. The lowest BCUT2D eigenvalue weighted by Gasteiger charge is -2.18. The maximum atomic E-state index is 13.4. The third kappa shape index (κ3) is 3.45. The number of hydrogen-bond donors (Lipinski definition) is 1. The van der Waals surface area contributed by atoms with Crippen molar-refractivity contribution in [3.05, 3.63) is 30.1 Å². The highest BCUT2D eigenvalue weighted by Gasteiger charge is 2.29. The Balaban J connectivity index is 1.84. The van der Waals surface area contributed by atoms with Crippen molar-refractivity contribution in [2.24, 2.45) is 5.92 Å². The van der Waals surface area contributed by atoms with Gasteiger partial charge in [-0.3, -0.25) is 4.79 Å². The number of benzene rings is 1. The molecule has 0 aromatic heterocycles. The van der Waals surface area contributed by atoms with Crippen LogP contribution in [-0.4, -0.2) is 18.6 Å². The van der Waals surface area contributed by atoms with Crippen LogP contribution in [0.2, 0.25) is 0 Å². The fourth-order valence-electron chi connectivity index (χ4n) is 1.69. The highest BCUT2D eigenvalue weighted by atomic mass is 19.1. The second-order valence-corrected chi connectivity index (χ2v) is 4.60. The first kappa shape index (κ1) is 12.9. The van der Waals surface area contributed by atoms with E-state index in [-0.39, 0.29) is 29.5 Å². The van der Waals surface area contributed by atoms with E-state index in [9.17, 15) is 9.18 Å². The Kier molecular flexibility index (Phi) is 4.18. The van der Waals surface area contributed by atoms with Crippen molar-refractivity contribution in [2.45, 2.75) is 32.3 Å². The second-order valence-electron chi connectivity index (χ2n) is 4.60. The van der Waals surface area contributed by atoms with Crippen LogP contribution in [0.5, 0.6) is 5.75 Å². The number of halogens is 1. The normalized spacial score (nSPS) is 16.1. The van der Waals surface area contributed by atoms with Crippen molar-refractivity contribution in [3.8, 4) is 5.75 Å². The summed E-state index contributed by atoms with van der Waals surface area (Å²) in [5, 5.41) is 2.85. The van der Waals surface area contributed by atoms with E-state index in [4.69, 9.17) is 4.74 Å². The van der Waals surface area contributed by atoms with Crippen LogP contribution in [0.25, 0.3) is 0 Å². The molecule has 98 valence electrons. The number of ether oxygens (including phenoxy) is 1. The van der Waals surface area contributed by atoms with E-state index in [0.29, 0.717) is 6.54 Å². The molecule has 1 fully saturated rings. The molecule has 1 N–H and O–H groups in total. The quantitative estimate of drug-likeness (QED) is 0.843. The summed E-state index contributed by atoms with van der Waals surface area (Å²) in [5.74, 6) is 0.149. The van der Waals surface area contributed by atoms with Gasteiger partial charge < -0.3 is 10.1 Å². The largest absolute Gasteiger partial charge is 0.486 e. The predicted octanol–water partition coefficient (Wildman–Crippen LogP) is 2.51. The number of carbonyl (C=O) groups excluding carboxylic acids is 1. The van der Waals surface area contributed by atoms with Crippen LogP contribution < -0.4 is 10.1 Å². The van der Waals surface area contributed by atoms with Gasteiger partial charge in [0.15, 0.2) is 11.6 Å². The van der Waals surface area contributed by atoms with Crippen molar-refractivity contribution in [1.82, 2.24) is 5.32 Å². The highest BCUT2D eigenvalue weighted by molar-refractivity contribution is 5.80. The van der Waals surface area contributed by atoms with Crippen molar-refractivity contribution in [2.75, 3.05) is 6.54 Å². The SMILES string of the molecule is CCC(CNC(=O)C1CC1)Oc1ccccc1F. The fraction of sp³-hybridized carbons (Fsp3) is 0.500. The maximum Gasteiger partial charge on any atom is 0.223 e. The van der Waals surface area contributed by atoms with Gasteiger partial charge in [0.2, 0.25) is 5.91 Å². The van der Waals surface area contributed by atoms with E-state index in [1.807, 2.05) is 6.92 Å². The molecule has 0 saturated heterocycles. The average Bonchev–Trinajstić information content (AvgIpc) is 3.20. The Hall–Kier alpha value is -1.58. The van der Waals surface area contributed by atoms with Crippen LogP contribution in [0.4, 0.5) is 4.39 Å². The first-order valence-corrected chi connectivity index (χ1v) is 6.39. The first-order chi connectivity index (χ1) is 8.70. The molecule has 18 heavy (non-hydrogen) atoms. The lowest BCUT2D eigenvalue weighted by atomic mass is 10.2. The molecular formula is C14H18FNO2. The lowest BCUT2D eigenvalue weighted by Crippen LogP contribution is -2.35. The van der Waals surface area contributed by atoms with E-state index in [1.54, 1.807) is 18.2 Å². The number of nitrogens with one attached hydrogen (secondary N) is 1. The highest BCUT2D eigenvalue weighted by Crippen LogP contribution is 2.28. The van der Waals surface area contributed by atoms with Crippen LogP contribution in [-0.2, 0) is 4.79 Å². The topological polar surface area (TPSA) is 38.3 Å². The zero-order valence-electron chi connectivity index (χ0n) is 10.5. The number of para-hydroxylation sites is 1. The van der Waals surface area contributed by atoms with Gasteiger partial charge in [0.05, 0.1) is 6.54 Å². The molecule has 1 aliphatic carbocycles. The molecule has 1 amide bonds. The molecule has 1 aliphatic rings. The van der Waals surface area contributed by atoms with Gasteiger partial charge in [0.25, 0.3) is 0 Å². The number of amides is 1. The smallest absolute Gasteiger partial charge is 0.223 e. The number of rotatable bonds is 6. The van der Waals surface area contributed by atoms with E-state index in [1.165, 1.54) is 6.07 Å². The van der Waals surface area contributed by atoms with Gasteiger partial charge in [-0.1, -0.05) is 19.1 Å². The van der Waals surface area contributed by atoms with Crippen molar-refractivity contribution in [3.63, 3.8) is 0 Å². The minimum absolute atomic E-state index is 0.0885. The van der Waals surface area contributed by atoms with Gasteiger partial charge in [0, 0.05) is 5.92 Å². The zero-order valence-corrected chi connectivity index (χ0v) is 10.5. The molecule has 0 heterocycles. The summed E-state index contributed by atoms with van der Waals surface area (Å²) in [6, 6.07) is 6.32. The Morgan fingerprint density at radius 2 is 2.22 bits per heavy atom. The summed E-state index contributed by atoms with van der Waals surface area (Å²) in [6.07, 6.45) is 2.50. The molecule has 1 saturated carbocycles. The number of carbonyl (C=O) groups is 1. The van der Waals surface area contributed by atoms with Gasteiger partial charge in [-0.15, -0.1) is 0 Å². The minimum atomic E-state index is -0.371. The molecule has 1 aromatic carbocycles. The molecule has 1 aromatic rings. The summed E-state index contributed by atoms with van der Waals surface area (Å²) in [7, 11) is 0. The van der Waals surface area contributed by atoms with Crippen LogP contribution in [0, 0.1) is 11.7 Å². The second kappa shape index (κ2) is 5.85. The van der Waals surface area contributed by atoms with Gasteiger partial charge in [-0.05, 0) is 31.4 Å². The lowest BCUT2D eigenvalue weighted by molar-refractivity contribution is -0.122. The Morgan fingerprint density at radius 3 is 2.83 bits per heavy atom. The summed E-state index contributed by atoms with van der Waals surface area (Å²) in [6.45, 7) is 2.38. The third-order valence-corrected chi connectivity index (χ3v) is 3.04. The molecule has 3 nitrogen and oxygen atoms in total. The Morgan fingerprint density at radius 1 is 1.50 bits per heavy atom. The summed E-state index contributed by atoms with van der Waals surface area (Å²) >= 11 is 0. The zero-order chi connectivity index (χ0) is 13.0. The van der Waals surface area contributed by atoms with Gasteiger partial charge in [0.1, 0.15) is 6.10 Å². The molecule has 0 spiro atoms. The molecule has 1 unspecified atom stereocenters. The maximum absolute atomic E-state index is 13.4. The predicted molar refractivity (Wildman–Crippen MR) is 66.8 cm³/mol. The molecule has 2 rings (SSSR count). The Labute approximate surface area is 106 Å².